The van der Waals surface area contributed by atoms with E-state index in [4.69, 9.17) is 5.11 Å². The zero-order valence-electron chi connectivity index (χ0n) is 11.0. The fourth-order valence-electron chi connectivity index (χ4n) is 2.77. The normalized spacial score (nSPS) is 26.6. The number of nitrogens with one attached hydrogen (secondary N) is 1. The Balaban J connectivity index is 1.94. The van der Waals surface area contributed by atoms with E-state index in [1.807, 2.05) is 0 Å². The van der Waals surface area contributed by atoms with Gasteiger partial charge in [0.2, 0.25) is 5.91 Å². The quantitative estimate of drug-likeness (QED) is 0.730. The van der Waals surface area contributed by atoms with Gasteiger partial charge in [0.1, 0.15) is 6.04 Å². The van der Waals surface area contributed by atoms with Crippen LogP contribution in [-0.4, -0.2) is 64.5 Å². The number of carbonyl (C=O) groups is 3. The van der Waals surface area contributed by atoms with Crippen molar-refractivity contribution in [1.82, 2.24) is 15.1 Å². The summed E-state index contributed by atoms with van der Waals surface area (Å²) in [6.07, 6.45) is 1.96. The van der Waals surface area contributed by atoms with Crippen molar-refractivity contribution in [2.75, 3.05) is 19.6 Å². The van der Waals surface area contributed by atoms with Crippen LogP contribution in [0.15, 0.2) is 0 Å². The van der Waals surface area contributed by atoms with E-state index in [-0.39, 0.29) is 18.0 Å². The van der Waals surface area contributed by atoms with Crippen molar-refractivity contribution in [2.45, 2.75) is 38.3 Å². The van der Waals surface area contributed by atoms with Crippen LogP contribution in [0, 0.1) is 0 Å². The third kappa shape index (κ3) is 2.97. The maximum atomic E-state index is 12.3. The van der Waals surface area contributed by atoms with Gasteiger partial charge in [0.15, 0.2) is 0 Å². The molecule has 0 aromatic heterocycles. The number of nitrogens with zero attached hydrogens (tertiary/aromatic N) is 2. The molecular weight excluding hydrogens is 250 g/mol. The molecule has 2 rings (SSSR count). The molecule has 2 fully saturated rings. The molecule has 7 nitrogen and oxygen atoms in total. The standard InChI is InChI=1S/C12H19N3O4/c1-8(16)13-9-4-6-14(7-9)12(19)15-5-2-3-10(15)11(17)18/h9-10H,2-7H2,1H3,(H,13,16)(H,17,18)/t9?,10-/m0/s1. The van der Waals surface area contributed by atoms with E-state index in [1.54, 1.807) is 4.90 Å². The second-order valence-electron chi connectivity index (χ2n) is 5.10. The first-order chi connectivity index (χ1) is 8.99. The molecule has 2 N–H and O–H groups in total. The highest BCUT2D eigenvalue weighted by Gasteiger charge is 2.38. The Morgan fingerprint density at radius 2 is 1.95 bits per heavy atom. The van der Waals surface area contributed by atoms with Crippen LogP contribution >= 0.6 is 0 Å². The van der Waals surface area contributed by atoms with Crippen molar-refractivity contribution in [2.24, 2.45) is 0 Å². The Hall–Kier alpha value is -1.79. The molecule has 1 unspecified atom stereocenters. The molecule has 0 aromatic rings. The van der Waals surface area contributed by atoms with E-state index < -0.39 is 12.0 Å². The van der Waals surface area contributed by atoms with Crippen LogP contribution in [0.25, 0.3) is 0 Å². The first-order valence-corrected chi connectivity index (χ1v) is 6.54. The molecular formula is C12H19N3O4. The van der Waals surface area contributed by atoms with E-state index in [9.17, 15) is 14.4 Å². The van der Waals surface area contributed by atoms with Crippen LogP contribution in [0.2, 0.25) is 0 Å². The van der Waals surface area contributed by atoms with Crippen LogP contribution in [0.1, 0.15) is 26.2 Å². The molecule has 0 aromatic carbocycles. The summed E-state index contributed by atoms with van der Waals surface area (Å²) in [4.78, 5) is 37.4. The molecule has 2 saturated heterocycles. The largest absolute Gasteiger partial charge is 0.480 e. The maximum Gasteiger partial charge on any atom is 0.326 e. The Kier molecular flexibility index (Phi) is 3.92. The number of carboxylic acids is 1. The average molecular weight is 269 g/mol. The molecule has 2 aliphatic heterocycles. The lowest BCUT2D eigenvalue weighted by Crippen LogP contribution is -2.48. The van der Waals surface area contributed by atoms with Gasteiger partial charge >= 0.3 is 12.0 Å². The minimum Gasteiger partial charge on any atom is -0.480 e. The molecule has 2 aliphatic rings. The number of hydrogen-bond donors (Lipinski definition) is 2. The lowest BCUT2D eigenvalue weighted by Gasteiger charge is -2.27. The average Bonchev–Trinajstić information content (AvgIpc) is 2.94. The highest BCUT2D eigenvalue weighted by molar-refractivity contribution is 5.83. The summed E-state index contributed by atoms with van der Waals surface area (Å²) in [5.74, 6) is -1.05. The zero-order chi connectivity index (χ0) is 14.0. The lowest BCUT2D eigenvalue weighted by atomic mass is 10.2. The Bertz CT molecular complexity index is 398. The molecule has 0 saturated carbocycles. The highest BCUT2D eigenvalue weighted by Crippen LogP contribution is 2.21. The molecule has 3 amide bonds. The van der Waals surface area contributed by atoms with Gasteiger partial charge < -0.3 is 20.2 Å². The SMILES string of the molecule is CC(=O)NC1CCN(C(=O)N2CCC[C@H]2C(=O)O)C1. The molecule has 0 radical (unpaired) electrons. The van der Waals surface area contributed by atoms with Gasteiger partial charge in [-0.05, 0) is 19.3 Å². The first kappa shape index (κ1) is 13.6. The Labute approximate surface area is 111 Å². The molecule has 7 heteroatoms. The van der Waals surface area contributed by atoms with Crippen molar-refractivity contribution in [3.05, 3.63) is 0 Å². The third-order valence-electron chi connectivity index (χ3n) is 3.65. The van der Waals surface area contributed by atoms with Crippen molar-refractivity contribution in [3.63, 3.8) is 0 Å². The molecule has 0 spiro atoms. The van der Waals surface area contributed by atoms with Crippen LogP contribution in [0.4, 0.5) is 4.79 Å². The zero-order valence-corrected chi connectivity index (χ0v) is 11.0. The number of amides is 3. The molecule has 0 aliphatic carbocycles. The van der Waals surface area contributed by atoms with Crippen molar-refractivity contribution in [3.8, 4) is 0 Å². The number of aliphatic carboxylic acids is 1. The molecule has 2 heterocycles. The summed E-state index contributed by atoms with van der Waals surface area (Å²) in [6, 6.07) is -0.947. The summed E-state index contributed by atoms with van der Waals surface area (Å²) in [5, 5.41) is 11.9. The minimum atomic E-state index is -0.941. The van der Waals surface area contributed by atoms with Gasteiger partial charge in [-0.25, -0.2) is 9.59 Å². The van der Waals surface area contributed by atoms with Gasteiger partial charge in [0.05, 0.1) is 0 Å². The van der Waals surface area contributed by atoms with E-state index in [1.165, 1.54) is 11.8 Å². The summed E-state index contributed by atoms with van der Waals surface area (Å²) >= 11 is 0. The Morgan fingerprint density at radius 1 is 1.21 bits per heavy atom. The predicted octanol–water partition coefficient (Wildman–Crippen LogP) is -0.134. The minimum absolute atomic E-state index is 0.0210. The smallest absolute Gasteiger partial charge is 0.326 e. The topological polar surface area (TPSA) is 90.0 Å². The highest BCUT2D eigenvalue weighted by atomic mass is 16.4. The first-order valence-electron chi connectivity index (χ1n) is 6.54. The van der Waals surface area contributed by atoms with E-state index >= 15 is 0 Å². The van der Waals surface area contributed by atoms with Gasteiger partial charge in [-0.2, -0.15) is 0 Å². The number of hydrogen-bond acceptors (Lipinski definition) is 3. The van der Waals surface area contributed by atoms with Crippen LogP contribution in [0.3, 0.4) is 0 Å². The number of urea groups is 1. The Morgan fingerprint density at radius 3 is 2.58 bits per heavy atom. The molecule has 106 valence electrons. The van der Waals surface area contributed by atoms with Crippen LogP contribution < -0.4 is 5.32 Å². The summed E-state index contributed by atoms with van der Waals surface area (Å²) in [7, 11) is 0. The summed E-state index contributed by atoms with van der Waals surface area (Å²) in [5.41, 5.74) is 0. The number of rotatable bonds is 2. The number of likely N-dealkylation sites (tertiary alicyclic amines) is 2. The van der Waals surface area contributed by atoms with Gasteiger partial charge in [-0.1, -0.05) is 0 Å². The molecule has 0 bridgehead atoms. The van der Waals surface area contributed by atoms with Crippen molar-refractivity contribution < 1.29 is 19.5 Å². The maximum absolute atomic E-state index is 12.3. The van der Waals surface area contributed by atoms with Crippen molar-refractivity contribution in [1.29, 1.82) is 0 Å². The summed E-state index contributed by atoms with van der Waals surface area (Å²) < 4.78 is 0. The number of carbonyl (C=O) groups excluding carboxylic acids is 2. The second-order valence-corrected chi connectivity index (χ2v) is 5.10. The van der Waals surface area contributed by atoms with Gasteiger partial charge in [-0.3, -0.25) is 4.79 Å². The summed E-state index contributed by atoms with van der Waals surface area (Å²) in [6.45, 7) is 2.97. The van der Waals surface area contributed by atoms with Gasteiger partial charge in [0, 0.05) is 32.6 Å². The monoisotopic (exact) mass is 269 g/mol. The number of carboxylic acid groups (broad SMARTS) is 1. The second kappa shape index (κ2) is 5.46. The predicted molar refractivity (Wildman–Crippen MR) is 66.6 cm³/mol. The van der Waals surface area contributed by atoms with Crippen LogP contribution in [-0.2, 0) is 9.59 Å². The van der Waals surface area contributed by atoms with Gasteiger partial charge in [0.25, 0.3) is 0 Å². The van der Waals surface area contributed by atoms with E-state index in [0.29, 0.717) is 26.1 Å². The fourth-order valence-corrected chi connectivity index (χ4v) is 2.77. The van der Waals surface area contributed by atoms with Crippen molar-refractivity contribution >= 4 is 17.9 Å². The molecule has 2 atom stereocenters. The van der Waals surface area contributed by atoms with E-state index in [2.05, 4.69) is 5.32 Å². The fraction of sp³-hybridized carbons (Fsp3) is 0.750. The molecule has 19 heavy (non-hydrogen) atoms. The third-order valence-corrected chi connectivity index (χ3v) is 3.65. The van der Waals surface area contributed by atoms with Crippen LogP contribution in [0.5, 0.6) is 0 Å². The van der Waals surface area contributed by atoms with Gasteiger partial charge in [-0.15, -0.1) is 0 Å². The van der Waals surface area contributed by atoms with E-state index in [0.717, 1.165) is 12.8 Å². The lowest BCUT2D eigenvalue weighted by molar-refractivity contribution is -0.141.